The van der Waals surface area contributed by atoms with E-state index >= 15 is 0 Å². The van der Waals surface area contributed by atoms with Gasteiger partial charge in [0.25, 0.3) is 0 Å². The second-order valence-electron chi connectivity index (χ2n) is 5.38. The third-order valence-electron chi connectivity index (χ3n) is 3.62. The Kier molecular flexibility index (Phi) is 6.76. The quantitative estimate of drug-likeness (QED) is 0.698. The largest absolute Gasteiger partial charge is 0.467 e. The van der Waals surface area contributed by atoms with Crippen LogP contribution in [-0.2, 0) is 27.3 Å². The molecule has 0 aliphatic heterocycles. The predicted molar refractivity (Wildman–Crippen MR) is 86.6 cm³/mol. The van der Waals surface area contributed by atoms with E-state index in [1.165, 1.54) is 7.11 Å². The predicted octanol–water partition coefficient (Wildman–Crippen LogP) is 3.57. The van der Waals surface area contributed by atoms with Crippen molar-refractivity contribution in [3.05, 3.63) is 71.8 Å². The summed E-state index contributed by atoms with van der Waals surface area (Å²) in [5.74, 6) is -1.43. The van der Waals surface area contributed by atoms with Crippen LogP contribution in [0, 0.1) is 5.92 Å². The highest BCUT2D eigenvalue weighted by Crippen LogP contribution is 2.18. The molecule has 122 valence electrons. The highest BCUT2D eigenvalue weighted by molar-refractivity contribution is 5.74. The molecular formula is C19H21FO3. The van der Waals surface area contributed by atoms with E-state index in [1.807, 2.05) is 60.7 Å². The zero-order valence-electron chi connectivity index (χ0n) is 13.2. The van der Waals surface area contributed by atoms with Gasteiger partial charge in [-0.25, -0.2) is 9.18 Å². The number of methoxy groups -OCH3 is 1. The van der Waals surface area contributed by atoms with Crippen molar-refractivity contribution in [3.8, 4) is 0 Å². The molecule has 0 saturated carbocycles. The van der Waals surface area contributed by atoms with Gasteiger partial charge in [0.15, 0.2) is 0 Å². The van der Waals surface area contributed by atoms with Gasteiger partial charge in [-0.1, -0.05) is 60.7 Å². The number of hydrogen-bond donors (Lipinski definition) is 0. The summed E-state index contributed by atoms with van der Waals surface area (Å²) < 4.78 is 24.5. The second kappa shape index (κ2) is 9.06. The monoisotopic (exact) mass is 316 g/mol. The van der Waals surface area contributed by atoms with Crippen LogP contribution in [0.25, 0.3) is 0 Å². The fourth-order valence-corrected chi connectivity index (χ4v) is 2.37. The number of carbonyl (C=O) groups is 1. The van der Waals surface area contributed by atoms with Crippen LogP contribution in [0.3, 0.4) is 0 Å². The SMILES string of the molecule is COC(=O)[C@@H](F)[C@@H](COCc1ccccc1)Cc1ccccc1. The summed E-state index contributed by atoms with van der Waals surface area (Å²) in [6, 6.07) is 19.2. The minimum absolute atomic E-state index is 0.153. The van der Waals surface area contributed by atoms with Crippen molar-refractivity contribution < 1.29 is 18.7 Å². The van der Waals surface area contributed by atoms with E-state index in [-0.39, 0.29) is 6.61 Å². The van der Waals surface area contributed by atoms with Gasteiger partial charge in [-0.3, -0.25) is 0 Å². The lowest BCUT2D eigenvalue weighted by molar-refractivity contribution is -0.149. The zero-order chi connectivity index (χ0) is 16.5. The van der Waals surface area contributed by atoms with Crippen molar-refractivity contribution in [3.63, 3.8) is 0 Å². The Balaban J connectivity index is 1.96. The minimum Gasteiger partial charge on any atom is -0.467 e. The molecule has 0 spiro atoms. The van der Waals surface area contributed by atoms with Gasteiger partial charge in [-0.2, -0.15) is 0 Å². The van der Waals surface area contributed by atoms with E-state index < -0.39 is 18.1 Å². The first kappa shape index (κ1) is 17.2. The Hall–Kier alpha value is -2.20. The van der Waals surface area contributed by atoms with Gasteiger partial charge >= 0.3 is 5.97 Å². The Bertz CT molecular complexity index is 586. The lowest BCUT2D eigenvalue weighted by atomic mass is 9.95. The summed E-state index contributed by atoms with van der Waals surface area (Å²) >= 11 is 0. The Morgan fingerprint density at radius 2 is 1.57 bits per heavy atom. The van der Waals surface area contributed by atoms with E-state index in [2.05, 4.69) is 4.74 Å². The second-order valence-corrected chi connectivity index (χ2v) is 5.38. The first-order valence-corrected chi connectivity index (χ1v) is 7.58. The molecule has 0 fully saturated rings. The van der Waals surface area contributed by atoms with Crippen molar-refractivity contribution in [1.29, 1.82) is 0 Å². The van der Waals surface area contributed by atoms with Gasteiger partial charge < -0.3 is 9.47 Å². The van der Waals surface area contributed by atoms with E-state index in [1.54, 1.807) is 0 Å². The van der Waals surface area contributed by atoms with Gasteiger partial charge in [0.2, 0.25) is 6.17 Å². The fourth-order valence-electron chi connectivity index (χ4n) is 2.37. The van der Waals surface area contributed by atoms with Crippen LogP contribution < -0.4 is 0 Å². The summed E-state index contributed by atoms with van der Waals surface area (Å²) in [7, 11) is 1.19. The number of alkyl halides is 1. The van der Waals surface area contributed by atoms with Crippen molar-refractivity contribution in [2.45, 2.75) is 19.2 Å². The number of carbonyl (C=O) groups excluding carboxylic acids is 1. The number of hydrogen-bond acceptors (Lipinski definition) is 3. The lowest BCUT2D eigenvalue weighted by Gasteiger charge is -2.20. The maximum Gasteiger partial charge on any atom is 0.340 e. The van der Waals surface area contributed by atoms with E-state index in [0.717, 1.165) is 11.1 Å². The highest BCUT2D eigenvalue weighted by Gasteiger charge is 2.29. The number of ether oxygens (including phenoxy) is 2. The third-order valence-corrected chi connectivity index (χ3v) is 3.62. The molecule has 0 bridgehead atoms. The molecule has 2 atom stereocenters. The summed E-state index contributed by atoms with van der Waals surface area (Å²) in [5.41, 5.74) is 1.98. The maximum atomic E-state index is 14.3. The molecule has 2 rings (SSSR count). The van der Waals surface area contributed by atoms with Crippen LogP contribution in [-0.4, -0.2) is 25.9 Å². The molecule has 2 aromatic carbocycles. The summed E-state index contributed by atoms with van der Waals surface area (Å²) in [6.07, 6.45) is -1.28. The van der Waals surface area contributed by atoms with Gasteiger partial charge in [-0.15, -0.1) is 0 Å². The molecule has 0 N–H and O–H groups in total. The molecule has 4 heteroatoms. The van der Waals surface area contributed by atoms with Crippen LogP contribution in [0.4, 0.5) is 4.39 Å². The van der Waals surface area contributed by atoms with Crippen molar-refractivity contribution in [2.75, 3.05) is 13.7 Å². The van der Waals surface area contributed by atoms with Crippen molar-refractivity contribution in [1.82, 2.24) is 0 Å². The topological polar surface area (TPSA) is 35.5 Å². The Morgan fingerprint density at radius 3 is 2.13 bits per heavy atom. The van der Waals surface area contributed by atoms with Gasteiger partial charge in [-0.05, 0) is 17.5 Å². The van der Waals surface area contributed by atoms with Crippen LogP contribution in [0.2, 0.25) is 0 Å². The molecule has 0 heterocycles. The molecule has 23 heavy (non-hydrogen) atoms. The van der Waals surface area contributed by atoms with Crippen LogP contribution in [0.1, 0.15) is 11.1 Å². The highest BCUT2D eigenvalue weighted by atomic mass is 19.1. The molecule has 0 aromatic heterocycles. The van der Waals surface area contributed by atoms with Crippen molar-refractivity contribution in [2.24, 2.45) is 5.92 Å². The van der Waals surface area contributed by atoms with Crippen LogP contribution in [0.5, 0.6) is 0 Å². The lowest BCUT2D eigenvalue weighted by Crippen LogP contribution is -2.31. The molecule has 0 unspecified atom stereocenters. The van der Waals surface area contributed by atoms with Crippen LogP contribution >= 0.6 is 0 Å². The molecule has 0 amide bonds. The molecule has 2 aromatic rings. The van der Waals surface area contributed by atoms with Crippen LogP contribution in [0.15, 0.2) is 60.7 Å². The Labute approximate surface area is 136 Å². The first-order chi connectivity index (χ1) is 11.2. The normalized spacial score (nSPS) is 13.3. The van der Waals surface area contributed by atoms with Gasteiger partial charge in [0.1, 0.15) is 0 Å². The summed E-state index contributed by atoms with van der Waals surface area (Å²) in [4.78, 5) is 11.5. The molecule has 0 aliphatic rings. The van der Waals surface area contributed by atoms with Gasteiger partial charge in [0, 0.05) is 5.92 Å². The minimum atomic E-state index is -1.70. The molecule has 0 radical (unpaired) electrons. The summed E-state index contributed by atoms with van der Waals surface area (Å²) in [6.45, 7) is 0.542. The maximum absolute atomic E-state index is 14.3. The fraction of sp³-hybridized carbons (Fsp3) is 0.316. The zero-order valence-corrected chi connectivity index (χ0v) is 13.2. The number of esters is 1. The number of benzene rings is 2. The first-order valence-electron chi connectivity index (χ1n) is 7.58. The van der Waals surface area contributed by atoms with E-state index in [4.69, 9.17) is 4.74 Å². The molecular weight excluding hydrogens is 295 g/mol. The number of halogens is 1. The standard InChI is InChI=1S/C19H21FO3/c1-22-19(21)18(20)17(12-15-8-4-2-5-9-15)14-23-13-16-10-6-3-7-11-16/h2-11,17-18H,12-14H2,1H3/t17-,18+/m1/s1. The smallest absolute Gasteiger partial charge is 0.340 e. The average molecular weight is 316 g/mol. The Morgan fingerprint density at radius 1 is 1.00 bits per heavy atom. The summed E-state index contributed by atoms with van der Waals surface area (Å²) in [5, 5.41) is 0. The van der Waals surface area contributed by atoms with Crippen molar-refractivity contribution >= 4 is 5.97 Å². The third kappa shape index (κ3) is 5.49. The molecule has 0 saturated heterocycles. The number of rotatable bonds is 8. The molecule has 0 aliphatic carbocycles. The van der Waals surface area contributed by atoms with Gasteiger partial charge in [0.05, 0.1) is 20.3 Å². The van der Waals surface area contributed by atoms with E-state index in [9.17, 15) is 9.18 Å². The molecule has 3 nitrogen and oxygen atoms in total. The van der Waals surface area contributed by atoms with E-state index in [0.29, 0.717) is 13.0 Å². The average Bonchev–Trinajstić information content (AvgIpc) is 2.61.